The summed E-state index contributed by atoms with van der Waals surface area (Å²) in [5.41, 5.74) is 2.55. The zero-order valence-electron chi connectivity index (χ0n) is 18.3. The Morgan fingerprint density at radius 3 is 1.75 bits per heavy atom. The smallest absolute Gasteiger partial charge is 0.257 e. The fraction of sp³-hybridized carbons (Fsp3) is 0.200. The van der Waals surface area contributed by atoms with Gasteiger partial charge in [-0.3, -0.25) is 10.1 Å². The van der Waals surface area contributed by atoms with Crippen LogP contribution in [0.15, 0.2) is 72.8 Å². The van der Waals surface area contributed by atoms with Gasteiger partial charge in [-0.15, -0.1) is 0 Å². The lowest BCUT2D eigenvalue weighted by Crippen LogP contribution is -2.42. The van der Waals surface area contributed by atoms with Crippen molar-refractivity contribution in [3.05, 3.63) is 89.5 Å². The Bertz CT molecular complexity index is 1000. The number of hydrogen-bond acceptors (Lipinski definition) is 5. The van der Waals surface area contributed by atoms with Gasteiger partial charge in [-0.1, -0.05) is 30.3 Å². The molecule has 0 bridgehead atoms. The Balaban J connectivity index is 1.78. The molecule has 3 aromatic rings. The third kappa shape index (κ3) is 6.21. The van der Waals surface area contributed by atoms with Crippen LogP contribution in [0.3, 0.4) is 0 Å². The second kappa shape index (κ2) is 11.2. The van der Waals surface area contributed by atoms with E-state index in [1.807, 2.05) is 53.4 Å². The number of carbonyl (C=O) groups is 1. The van der Waals surface area contributed by atoms with E-state index in [1.165, 1.54) is 0 Å². The molecule has 0 atom stereocenters. The molecule has 1 amide bonds. The van der Waals surface area contributed by atoms with E-state index in [-0.39, 0.29) is 5.91 Å². The highest BCUT2D eigenvalue weighted by atomic mass is 32.1. The monoisotopic (exact) mass is 450 g/mol. The molecule has 0 heterocycles. The van der Waals surface area contributed by atoms with Crippen LogP contribution < -0.4 is 19.5 Å². The van der Waals surface area contributed by atoms with Crippen molar-refractivity contribution in [1.29, 1.82) is 0 Å². The zero-order chi connectivity index (χ0) is 22.9. The Hall–Kier alpha value is -3.58. The van der Waals surface area contributed by atoms with Crippen LogP contribution in [0.4, 0.5) is 0 Å². The molecule has 0 saturated heterocycles. The fourth-order valence-corrected chi connectivity index (χ4v) is 3.34. The van der Waals surface area contributed by atoms with Gasteiger partial charge in [0.15, 0.2) is 5.11 Å². The third-order valence-corrected chi connectivity index (χ3v) is 5.26. The number of carbonyl (C=O) groups excluding carboxylic acids is 1. The minimum Gasteiger partial charge on any atom is -0.497 e. The molecular formula is C25H26N2O4S. The van der Waals surface area contributed by atoms with Crippen molar-refractivity contribution >= 4 is 23.2 Å². The van der Waals surface area contributed by atoms with Crippen molar-refractivity contribution in [1.82, 2.24) is 10.2 Å². The molecule has 0 radical (unpaired) electrons. The second-order valence-corrected chi connectivity index (χ2v) is 7.43. The predicted octanol–water partition coefficient (Wildman–Crippen LogP) is 4.43. The molecule has 3 aromatic carbocycles. The van der Waals surface area contributed by atoms with Gasteiger partial charge in [-0.05, 0) is 65.8 Å². The Kier molecular flexibility index (Phi) is 8.05. The van der Waals surface area contributed by atoms with Gasteiger partial charge in [0.25, 0.3) is 5.91 Å². The lowest BCUT2D eigenvalue weighted by atomic mass is 10.1. The van der Waals surface area contributed by atoms with E-state index in [0.717, 1.165) is 22.6 Å². The summed E-state index contributed by atoms with van der Waals surface area (Å²) in [5, 5.41) is 3.18. The molecule has 32 heavy (non-hydrogen) atoms. The number of benzene rings is 3. The van der Waals surface area contributed by atoms with Gasteiger partial charge in [0.2, 0.25) is 0 Å². The summed E-state index contributed by atoms with van der Waals surface area (Å²) >= 11 is 5.62. The highest BCUT2D eigenvalue weighted by Gasteiger charge is 2.16. The number of rotatable bonds is 8. The maximum absolute atomic E-state index is 12.8. The number of methoxy groups -OCH3 is 3. The van der Waals surface area contributed by atoms with Gasteiger partial charge in [0.1, 0.15) is 17.2 Å². The van der Waals surface area contributed by atoms with Crippen molar-refractivity contribution in [3.63, 3.8) is 0 Å². The number of nitrogens with one attached hydrogen (secondary N) is 1. The lowest BCUT2D eigenvalue weighted by molar-refractivity contribution is 0.0972. The summed E-state index contributed by atoms with van der Waals surface area (Å²) in [6.45, 7) is 1.04. The molecule has 1 N–H and O–H groups in total. The summed E-state index contributed by atoms with van der Waals surface area (Å²) in [5.74, 6) is 1.88. The molecule has 7 heteroatoms. The summed E-state index contributed by atoms with van der Waals surface area (Å²) in [7, 11) is 4.83. The first-order valence-corrected chi connectivity index (χ1v) is 10.4. The highest BCUT2D eigenvalue weighted by molar-refractivity contribution is 7.80. The average molecular weight is 451 g/mol. The minimum atomic E-state index is -0.289. The Morgan fingerprint density at radius 2 is 1.28 bits per heavy atom. The number of nitrogens with zero attached hydrogens (tertiary/aromatic N) is 1. The van der Waals surface area contributed by atoms with E-state index in [2.05, 4.69) is 5.32 Å². The quantitative estimate of drug-likeness (QED) is 0.513. The maximum atomic E-state index is 12.8. The summed E-state index contributed by atoms with van der Waals surface area (Å²) in [4.78, 5) is 14.7. The molecule has 0 aliphatic carbocycles. The summed E-state index contributed by atoms with van der Waals surface area (Å²) < 4.78 is 15.7. The van der Waals surface area contributed by atoms with Gasteiger partial charge in [0, 0.05) is 18.7 Å². The molecule has 0 unspecified atom stereocenters. The standard InChI is InChI=1S/C25H26N2O4S/c1-29-21-11-7-18(8-12-21)16-27(17-19-9-13-22(30-2)14-10-19)25(32)26-24(28)20-5-4-6-23(15-20)31-3/h4-15H,16-17H2,1-3H3,(H,26,28,32). The van der Waals surface area contributed by atoms with Crippen LogP contribution in [0.5, 0.6) is 17.2 Å². The van der Waals surface area contributed by atoms with Crippen LogP contribution in [0.2, 0.25) is 0 Å². The van der Waals surface area contributed by atoms with Crippen molar-refractivity contribution in [2.45, 2.75) is 13.1 Å². The third-order valence-electron chi connectivity index (χ3n) is 4.90. The van der Waals surface area contributed by atoms with E-state index >= 15 is 0 Å². The highest BCUT2D eigenvalue weighted by Crippen LogP contribution is 2.18. The number of hydrogen-bond donors (Lipinski definition) is 1. The van der Waals surface area contributed by atoms with Crippen molar-refractivity contribution in [3.8, 4) is 17.2 Å². The Morgan fingerprint density at radius 1 is 0.781 bits per heavy atom. The lowest BCUT2D eigenvalue weighted by Gasteiger charge is -2.26. The maximum Gasteiger partial charge on any atom is 0.257 e. The average Bonchev–Trinajstić information content (AvgIpc) is 2.84. The number of thiocarbonyl (C=S) groups is 1. The first-order valence-electron chi connectivity index (χ1n) is 10.0. The summed E-state index contributed by atoms with van der Waals surface area (Å²) in [6, 6.07) is 22.5. The second-order valence-electron chi connectivity index (χ2n) is 7.04. The molecule has 0 aliphatic heterocycles. The van der Waals surface area contributed by atoms with Crippen LogP contribution in [0, 0.1) is 0 Å². The normalized spacial score (nSPS) is 10.2. The molecule has 0 fully saturated rings. The topological polar surface area (TPSA) is 60.0 Å². The van der Waals surface area contributed by atoms with Crippen LogP contribution in [0.25, 0.3) is 0 Å². The van der Waals surface area contributed by atoms with Crippen LogP contribution in [0.1, 0.15) is 21.5 Å². The number of amides is 1. The zero-order valence-corrected chi connectivity index (χ0v) is 19.1. The molecule has 0 saturated carbocycles. The molecule has 3 rings (SSSR count). The first-order chi connectivity index (χ1) is 15.5. The largest absolute Gasteiger partial charge is 0.497 e. The fourth-order valence-electron chi connectivity index (χ4n) is 3.11. The molecule has 0 aromatic heterocycles. The van der Waals surface area contributed by atoms with E-state index in [9.17, 15) is 4.79 Å². The molecule has 6 nitrogen and oxygen atoms in total. The SMILES string of the molecule is COc1ccc(CN(Cc2ccc(OC)cc2)C(=S)NC(=O)c2cccc(OC)c2)cc1. The van der Waals surface area contributed by atoms with E-state index in [4.69, 9.17) is 26.4 Å². The molecule has 166 valence electrons. The van der Waals surface area contributed by atoms with Crippen LogP contribution >= 0.6 is 12.2 Å². The van der Waals surface area contributed by atoms with Crippen LogP contribution in [-0.2, 0) is 13.1 Å². The van der Waals surface area contributed by atoms with Crippen molar-refractivity contribution in [2.75, 3.05) is 21.3 Å². The van der Waals surface area contributed by atoms with Crippen LogP contribution in [-0.4, -0.2) is 37.2 Å². The van der Waals surface area contributed by atoms with Crippen molar-refractivity contribution < 1.29 is 19.0 Å². The minimum absolute atomic E-state index is 0.289. The predicted molar refractivity (Wildman–Crippen MR) is 128 cm³/mol. The van der Waals surface area contributed by atoms with E-state index in [1.54, 1.807) is 45.6 Å². The first kappa shape index (κ1) is 23.1. The number of ether oxygens (including phenoxy) is 3. The van der Waals surface area contributed by atoms with E-state index in [0.29, 0.717) is 29.5 Å². The van der Waals surface area contributed by atoms with Gasteiger partial charge in [-0.2, -0.15) is 0 Å². The molecule has 0 aliphatic rings. The molecular weight excluding hydrogens is 424 g/mol. The Labute approximate surface area is 193 Å². The molecule has 0 spiro atoms. The van der Waals surface area contributed by atoms with Gasteiger partial charge >= 0.3 is 0 Å². The van der Waals surface area contributed by atoms with Crippen molar-refractivity contribution in [2.24, 2.45) is 0 Å². The summed E-state index contributed by atoms with van der Waals surface area (Å²) in [6.07, 6.45) is 0. The van der Waals surface area contributed by atoms with Gasteiger partial charge in [0.05, 0.1) is 21.3 Å². The van der Waals surface area contributed by atoms with Gasteiger partial charge in [-0.25, -0.2) is 0 Å². The van der Waals surface area contributed by atoms with E-state index < -0.39 is 0 Å². The van der Waals surface area contributed by atoms with Gasteiger partial charge < -0.3 is 19.1 Å².